The van der Waals surface area contributed by atoms with Crippen LogP contribution in [-0.4, -0.2) is 59.5 Å². The van der Waals surface area contributed by atoms with Crippen molar-refractivity contribution in [1.82, 2.24) is 24.9 Å². The maximum atomic E-state index is 12.8. The molecule has 0 spiro atoms. The van der Waals surface area contributed by atoms with Crippen LogP contribution in [0.2, 0.25) is 0 Å². The number of nitrogens with one attached hydrogen (secondary N) is 2. The third kappa shape index (κ3) is 5.81. The van der Waals surface area contributed by atoms with Crippen LogP contribution in [0.1, 0.15) is 44.2 Å². The first-order valence-electron chi connectivity index (χ1n) is 12.4. The van der Waals surface area contributed by atoms with Gasteiger partial charge in [0.1, 0.15) is 0 Å². The summed E-state index contributed by atoms with van der Waals surface area (Å²) in [7, 11) is -3.82. The molecule has 2 aliphatic heterocycles. The number of hydrogen-bond acceptors (Lipinski definition) is 10. The molecule has 2 saturated heterocycles. The Hall–Kier alpha value is -3.54. The third-order valence-electron chi connectivity index (χ3n) is 6.33. The van der Waals surface area contributed by atoms with Gasteiger partial charge in [0, 0.05) is 43.8 Å². The molecule has 0 radical (unpaired) electrons. The zero-order chi connectivity index (χ0) is 25.0. The fourth-order valence-corrected chi connectivity index (χ4v) is 5.36. The number of rotatable bonds is 7. The minimum atomic E-state index is -3.82. The normalized spacial score (nSPS) is 16.6. The molecule has 0 saturated carbocycles. The fourth-order valence-electron chi connectivity index (χ4n) is 4.40. The van der Waals surface area contributed by atoms with Crippen molar-refractivity contribution in [2.75, 3.05) is 46.0 Å². The smallest absolute Gasteiger partial charge is 0.264 e. The monoisotopic (exact) mass is 509 g/mol. The molecule has 2 fully saturated rings. The molecule has 12 heteroatoms. The molecule has 0 aliphatic carbocycles. The Bertz CT molecular complexity index is 1250. The maximum Gasteiger partial charge on any atom is 0.264 e. The number of anilines is 5. The topological polar surface area (TPSA) is 129 Å². The molecule has 190 valence electrons. The molecular weight excluding hydrogens is 478 g/mol. The van der Waals surface area contributed by atoms with E-state index in [1.165, 1.54) is 31.2 Å². The largest absolute Gasteiger partial charge is 0.341 e. The van der Waals surface area contributed by atoms with Crippen LogP contribution in [0.5, 0.6) is 0 Å². The van der Waals surface area contributed by atoms with Crippen molar-refractivity contribution >= 4 is 39.5 Å². The van der Waals surface area contributed by atoms with Gasteiger partial charge < -0.3 is 15.1 Å². The van der Waals surface area contributed by atoms with E-state index in [2.05, 4.69) is 29.8 Å². The lowest BCUT2D eigenvalue weighted by Crippen LogP contribution is -2.34. The summed E-state index contributed by atoms with van der Waals surface area (Å²) in [6.45, 7) is 5.52. The van der Waals surface area contributed by atoms with Crippen molar-refractivity contribution < 1.29 is 8.42 Å². The number of aryl methyl sites for hydroxylation is 1. The fraction of sp³-hybridized carbons (Fsp3) is 0.458. The molecule has 0 atom stereocenters. The lowest BCUT2D eigenvalue weighted by molar-refractivity contribution is 0.556. The lowest BCUT2D eigenvalue weighted by atomic mass is 10.1. The van der Waals surface area contributed by atoms with Gasteiger partial charge in [-0.05, 0) is 75.8 Å². The van der Waals surface area contributed by atoms with Gasteiger partial charge in [-0.15, -0.1) is 0 Å². The van der Waals surface area contributed by atoms with Gasteiger partial charge in [0.15, 0.2) is 0 Å². The van der Waals surface area contributed by atoms with Crippen LogP contribution in [0, 0.1) is 6.92 Å². The van der Waals surface area contributed by atoms with Gasteiger partial charge in [-0.25, -0.2) is 23.1 Å². The SMILES string of the molecule is Cc1ccnc(NS(=O)(=O)c2ccc(Nc3nc(N4CCCCC4)nc(N4CCCCC4)n3)cc2)n1. The summed E-state index contributed by atoms with van der Waals surface area (Å²) in [6, 6.07) is 8.14. The zero-order valence-electron chi connectivity index (χ0n) is 20.4. The van der Waals surface area contributed by atoms with Gasteiger partial charge in [0.2, 0.25) is 23.8 Å². The number of aromatic nitrogens is 5. The number of sulfonamides is 1. The van der Waals surface area contributed by atoms with E-state index in [-0.39, 0.29) is 10.8 Å². The Kier molecular flexibility index (Phi) is 7.12. The van der Waals surface area contributed by atoms with Gasteiger partial charge in [0.05, 0.1) is 4.90 Å². The lowest BCUT2D eigenvalue weighted by Gasteiger charge is -2.30. The minimum Gasteiger partial charge on any atom is -0.341 e. The van der Waals surface area contributed by atoms with E-state index in [0.29, 0.717) is 29.2 Å². The predicted octanol–water partition coefficient (Wildman–Crippen LogP) is 3.50. The molecule has 5 rings (SSSR count). The van der Waals surface area contributed by atoms with Crippen LogP contribution in [-0.2, 0) is 10.0 Å². The summed E-state index contributed by atoms with van der Waals surface area (Å²) >= 11 is 0. The van der Waals surface area contributed by atoms with Gasteiger partial charge in [-0.1, -0.05) is 0 Å². The van der Waals surface area contributed by atoms with Crippen LogP contribution in [0.3, 0.4) is 0 Å². The summed E-state index contributed by atoms with van der Waals surface area (Å²) in [6.07, 6.45) is 8.49. The standard InChI is InChI=1S/C24H31N9O2S/c1-18-12-13-25-21(26-18)31-36(34,35)20-10-8-19(9-11-20)27-22-28-23(32-14-4-2-5-15-32)30-24(29-22)33-16-6-3-7-17-33/h8-13H,2-7,14-17H2,1H3,(H,25,26,31)(H,27,28,29,30). The average molecular weight is 510 g/mol. The first-order valence-corrected chi connectivity index (χ1v) is 13.9. The van der Waals surface area contributed by atoms with Crippen molar-refractivity contribution in [3.05, 3.63) is 42.2 Å². The molecule has 11 nitrogen and oxygen atoms in total. The van der Waals surface area contributed by atoms with Crippen LogP contribution >= 0.6 is 0 Å². The van der Waals surface area contributed by atoms with Gasteiger partial charge in [-0.2, -0.15) is 15.0 Å². The molecule has 4 heterocycles. The van der Waals surface area contributed by atoms with Crippen LogP contribution in [0.15, 0.2) is 41.4 Å². The quantitative estimate of drug-likeness (QED) is 0.488. The molecule has 36 heavy (non-hydrogen) atoms. The second kappa shape index (κ2) is 10.6. The third-order valence-corrected chi connectivity index (χ3v) is 7.67. The summed E-state index contributed by atoms with van der Waals surface area (Å²) in [4.78, 5) is 26.8. The predicted molar refractivity (Wildman–Crippen MR) is 139 cm³/mol. The van der Waals surface area contributed by atoms with Crippen LogP contribution in [0.4, 0.5) is 29.5 Å². The number of hydrogen-bond donors (Lipinski definition) is 2. The average Bonchev–Trinajstić information content (AvgIpc) is 2.90. The van der Waals surface area contributed by atoms with E-state index in [1.807, 2.05) is 0 Å². The minimum absolute atomic E-state index is 0.0397. The van der Waals surface area contributed by atoms with Gasteiger partial charge in [-0.3, -0.25) is 0 Å². The second-order valence-electron chi connectivity index (χ2n) is 9.13. The maximum absolute atomic E-state index is 12.8. The molecule has 2 N–H and O–H groups in total. The molecule has 0 unspecified atom stereocenters. The zero-order valence-corrected chi connectivity index (χ0v) is 21.2. The van der Waals surface area contributed by atoms with E-state index in [0.717, 1.165) is 51.9 Å². The highest BCUT2D eigenvalue weighted by Crippen LogP contribution is 2.25. The summed E-state index contributed by atoms with van der Waals surface area (Å²) in [5.41, 5.74) is 1.36. The number of piperidine rings is 2. The van der Waals surface area contributed by atoms with Crippen molar-refractivity contribution in [2.45, 2.75) is 50.3 Å². The van der Waals surface area contributed by atoms with E-state index in [9.17, 15) is 8.42 Å². The molecule has 1 aromatic carbocycles. The Morgan fingerprint density at radius 2 is 1.31 bits per heavy atom. The van der Waals surface area contributed by atoms with E-state index < -0.39 is 10.0 Å². The molecule has 3 aromatic rings. The molecule has 2 aliphatic rings. The second-order valence-corrected chi connectivity index (χ2v) is 10.8. The van der Waals surface area contributed by atoms with Crippen molar-refractivity contribution in [1.29, 1.82) is 0 Å². The van der Waals surface area contributed by atoms with Gasteiger partial charge in [0.25, 0.3) is 10.0 Å². The highest BCUT2D eigenvalue weighted by atomic mass is 32.2. The summed E-state index contributed by atoms with van der Waals surface area (Å²) < 4.78 is 28.0. The van der Waals surface area contributed by atoms with E-state index in [1.54, 1.807) is 25.1 Å². The number of nitrogens with zero attached hydrogens (tertiary/aromatic N) is 7. The summed E-state index contributed by atoms with van der Waals surface area (Å²) in [5, 5.41) is 3.24. The molecular formula is C24H31N9O2S. The molecule has 0 amide bonds. The van der Waals surface area contributed by atoms with Crippen LogP contribution in [0.25, 0.3) is 0 Å². The van der Waals surface area contributed by atoms with E-state index >= 15 is 0 Å². The summed E-state index contributed by atoms with van der Waals surface area (Å²) in [5.74, 6) is 1.87. The first-order chi connectivity index (χ1) is 17.5. The Morgan fingerprint density at radius 1 is 0.722 bits per heavy atom. The number of benzene rings is 1. The van der Waals surface area contributed by atoms with E-state index in [4.69, 9.17) is 15.0 Å². The Labute approximate surface area is 211 Å². The molecule has 0 bridgehead atoms. The highest BCUT2D eigenvalue weighted by molar-refractivity contribution is 7.92. The van der Waals surface area contributed by atoms with Crippen LogP contribution < -0.4 is 19.8 Å². The highest BCUT2D eigenvalue weighted by Gasteiger charge is 2.21. The van der Waals surface area contributed by atoms with Crippen molar-refractivity contribution in [3.63, 3.8) is 0 Å². The Morgan fingerprint density at radius 3 is 1.86 bits per heavy atom. The van der Waals surface area contributed by atoms with Crippen molar-refractivity contribution in [3.8, 4) is 0 Å². The first kappa shape index (κ1) is 24.2. The van der Waals surface area contributed by atoms with Crippen molar-refractivity contribution in [2.24, 2.45) is 0 Å². The Balaban J connectivity index is 1.36. The van der Waals surface area contributed by atoms with Gasteiger partial charge >= 0.3 is 0 Å². The molecule has 2 aromatic heterocycles.